The third kappa shape index (κ3) is 2.25. The fourth-order valence-corrected chi connectivity index (χ4v) is 2.36. The van der Waals surface area contributed by atoms with Crippen LogP contribution in [-0.2, 0) is 0 Å². The van der Waals surface area contributed by atoms with Gasteiger partial charge in [-0.3, -0.25) is 0 Å². The molecular weight excluding hydrogens is 226 g/mol. The minimum atomic E-state index is 0.191. The van der Waals surface area contributed by atoms with Crippen molar-refractivity contribution in [2.45, 2.75) is 18.8 Å². The summed E-state index contributed by atoms with van der Waals surface area (Å²) in [7, 11) is 1.60. The number of nitrogens with one attached hydrogen (secondary N) is 1. The van der Waals surface area contributed by atoms with E-state index >= 15 is 0 Å². The molecule has 0 saturated carbocycles. The Hall–Kier alpha value is -0.930. The van der Waals surface area contributed by atoms with E-state index in [0.717, 1.165) is 31.5 Å². The molecule has 0 spiro atoms. The van der Waals surface area contributed by atoms with Gasteiger partial charge in [-0.2, -0.15) is 0 Å². The van der Waals surface area contributed by atoms with E-state index in [4.69, 9.17) is 16.3 Å². The van der Waals surface area contributed by atoms with Crippen molar-refractivity contribution in [2.75, 3.05) is 20.2 Å². The molecule has 1 fully saturated rings. The van der Waals surface area contributed by atoms with Gasteiger partial charge in [0, 0.05) is 24.1 Å². The van der Waals surface area contributed by atoms with E-state index in [1.165, 1.54) is 0 Å². The average molecular weight is 242 g/mol. The Kier molecular flexibility index (Phi) is 3.56. The van der Waals surface area contributed by atoms with Crippen LogP contribution in [0.4, 0.5) is 0 Å². The van der Waals surface area contributed by atoms with Crippen molar-refractivity contribution in [2.24, 2.45) is 0 Å². The Morgan fingerprint density at radius 2 is 2.31 bits per heavy atom. The van der Waals surface area contributed by atoms with Crippen molar-refractivity contribution in [1.29, 1.82) is 0 Å². The predicted molar refractivity (Wildman–Crippen MR) is 64.5 cm³/mol. The monoisotopic (exact) mass is 241 g/mol. The highest BCUT2D eigenvalue weighted by atomic mass is 35.5. The Morgan fingerprint density at radius 3 is 2.94 bits per heavy atom. The smallest absolute Gasteiger partial charge is 0.137 e. The molecule has 1 aliphatic heterocycles. The zero-order chi connectivity index (χ0) is 11.5. The van der Waals surface area contributed by atoms with E-state index in [-0.39, 0.29) is 5.75 Å². The van der Waals surface area contributed by atoms with Gasteiger partial charge in [0.15, 0.2) is 0 Å². The maximum Gasteiger partial charge on any atom is 0.137 e. The van der Waals surface area contributed by atoms with Crippen LogP contribution in [0.15, 0.2) is 12.1 Å². The second-order valence-electron chi connectivity index (χ2n) is 4.09. The van der Waals surface area contributed by atoms with Crippen molar-refractivity contribution in [3.63, 3.8) is 0 Å². The quantitative estimate of drug-likeness (QED) is 0.836. The van der Waals surface area contributed by atoms with Crippen LogP contribution in [-0.4, -0.2) is 25.3 Å². The molecule has 0 bridgehead atoms. The molecule has 1 heterocycles. The molecule has 4 heteroatoms. The molecule has 0 amide bonds. The number of rotatable bonds is 2. The molecule has 1 unspecified atom stereocenters. The second kappa shape index (κ2) is 4.93. The third-order valence-electron chi connectivity index (χ3n) is 3.04. The van der Waals surface area contributed by atoms with E-state index in [1.807, 2.05) is 6.07 Å². The summed E-state index contributed by atoms with van der Waals surface area (Å²) in [5.41, 5.74) is 0.886. The Balaban J connectivity index is 2.33. The molecular formula is C12H16ClNO2. The van der Waals surface area contributed by atoms with Gasteiger partial charge in [0.25, 0.3) is 0 Å². The first-order valence-corrected chi connectivity index (χ1v) is 5.87. The summed E-state index contributed by atoms with van der Waals surface area (Å²) in [6, 6.07) is 3.51. The topological polar surface area (TPSA) is 41.5 Å². The number of phenolic OH excluding ortho intramolecular Hbond substituents is 1. The highest BCUT2D eigenvalue weighted by Crippen LogP contribution is 2.38. The number of phenols is 1. The highest BCUT2D eigenvalue weighted by Gasteiger charge is 2.20. The van der Waals surface area contributed by atoms with Crippen molar-refractivity contribution >= 4 is 11.6 Å². The molecule has 1 aromatic carbocycles. The van der Waals surface area contributed by atoms with Gasteiger partial charge in [0.2, 0.25) is 0 Å². The number of hydrogen-bond acceptors (Lipinski definition) is 3. The number of ether oxygens (including phenoxy) is 1. The van der Waals surface area contributed by atoms with Crippen molar-refractivity contribution in [1.82, 2.24) is 5.32 Å². The summed E-state index contributed by atoms with van der Waals surface area (Å²) in [4.78, 5) is 0. The molecule has 2 N–H and O–H groups in total. The second-order valence-corrected chi connectivity index (χ2v) is 4.50. The molecule has 1 aliphatic rings. The lowest BCUT2D eigenvalue weighted by Crippen LogP contribution is -2.28. The Labute approximate surface area is 100 Å². The van der Waals surface area contributed by atoms with Gasteiger partial charge in [-0.25, -0.2) is 0 Å². The van der Waals surface area contributed by atoms with E-state index in [2.05, 4.69) is 5.32 Å². The zero-order valence-corrected chi connectivity index (χ0v) is 10.0. The van der Waals surface area contributed by atoms with Crippen LogP contribution in [0.25, 0.3) is 0 Å². The normalized spacial score (nSPS) is 20.8. The van der Waals surface area contributed by atoms with Crippen LogP contribution in [0.5, 0.6) is 11.5 Å². The van der Waals surface area contributed by atoms with Crippen LogP contribution in [0.2, 0.25) is 5.02 Å². The lowest BCUT2D eigenvalue weighted by Gasteiger charge is -2.24. The van der Waals surface area contributed by atoms with Gasteiger partial charge in [-0.05, 0) is 25.5 Å². The van der Waals surface area contributed by atoms with Crippen molar-refractivity contribution < 1.29 is 9.84 Å². The first-order chi connectivity index (χ1) is 7.72. The van der Waals surface area contributed by atoms with Gasteiger partial charge >= 0.3 is 0 Å². The SMILES string of the molecule is COc1cc(Cl)c(O)c(C2CCCNC2)c1. The number of halogens is 1. The maximum absolute atomic E-state index is 9.95. The Morgan fingerprint density at radius 1 is 1.50 bits per heavy atom. The molecule has 16 heavy (non-hydrogen) atoms. The van der Waals surface area contributed by atoms with Crippen LogP contribution >= 0.6 is 11.6 Å². The first-order valence-electron chi connectivity index (χ1n) is 5.49. The summed E-state index contributed by atoms with van der Waals surface area (Å²) in [5, 5.41) is 13.6. The minimum absolute atomic E-state index is 0.191. The summed E-state index contributed by atoms with van der Waals surface area (Å²) >= 11 is 5.97. The van der Waals surface area contributed by atoms with Gasteiger partial charge < -0.3 is 15.2 Å². The number of aromatic hydroxyl groups is 1. The molecule has 0 aromatic heterocycles. The average Bonchev–Trinajstić information content (AvgIpc) is 2.33. The molecule has 0 aliphatic carbocycles. The van der Waals surface area contributed by atoms with E-state index in [9.17, 15) is 5.11 Å². The van der Waals surface area contributed by atoms with E-state index in [1.54, 1.807) is 13.2 Å². The van der Waals surface area contributed by atoms with Gasteiger partial charge in [0.1, 0.15) is 11.5 Å². The number of piperidine rings is 1. The zero-order valence-electron chi connectivity index (χ0n) is 9.29. The van der Waals surface area contributed by atoms with Gasteiger partial charge in [0.05, 0.1) is 12.1 Å². The maximum atomic E-state index is 9.95. The van der Waals surface area contributed by atoms with Crippen LogP contribution in [0.1, 0.15) is 24.3 Å². The highest BCUT2D eigenvalue weighted by molar-refractivity contribution is 6.32. The van der Waals surface area contributed by atoms with Crippen LogP contribution in [0.3, 0.4) is 0 Å². The third-order valence-corrected chi connectivity index (χ3v) is 3.33. The Bertz CT molecular complexity index is 376. The molecule has 2 rings (SSSR count). The van der Waals surface area contributed by atoms with E-state index in [0.29, 0.717) is 16.7 Å². The van der Waals surface area contributed by atoms with Crippen LogP contribution in [0, 0.1) is 0 Å². The molecule has 88 valence electrons. The predicted octanol–water partition coefficient (Wildman–Crippen LogP) is 2.52. The molecule has 1 aromatic rings. The van der Waals surface area contributed by atoms with Crippen molar-refractivity contribution in [3.8, 4) is 11.5 Å². The fourth-order valence-electron chi connectivity index (χ4n) is 2.14. The fraction of sp³-hybridized carbons (Fsp3) is 0.500. The molecule has 1 saturated heterocycles. The number of methoxy groups -OCH3 is 1. The van der Waals surface area contributed by atoms with E-state index < -0.39 is 0 Å². The summed E-state index contributed by atoms with van der Waals surface area (Å²) in [6.07, 6.45) is 2.20. The largest absolute Gasteiger partial charge is 0.506 e. The minimum Gasteiger partial charge on any atom is -0.506 e. The standard InChI is InChI=1S/C12H16ClNO2/c1-16-9-5-10(12(15)11(13)6-9)8-3-2-4-14-7-8/h5-6,8,14-15H,2-4,7H2,1H3. The summed E-state index contributed by atoms with van der Waals surface area (Å²) in [5.74, 6) is 1.21. The molecule has 3 nitrogen and oxygen atoms in total. The first kappa shape index (κ1) is 11.6. The molecule has 0 radical (unpaired) electrons. The summed E-state index contributed by atoms with van der Waals surface area (Å²) in [6.45, 7) is 1.94. The van der Waals surface area contributed by atoms with Crippen LogP contribution < -0.4 is 10.1 Å². The summed E-state index contributed by atoms with van der Waals surface area (Å²) < 4.78 is 5.17. The number of benzene rings is 1. The van der Waals surface area contributed by atoms with Crippen molar-refractivity contribution in [3.05, 3.63) is 22.7 Å². The molecule has 1 atom stereocenters. The lowest BCUT2D eigenvalue weighted by atomic mass is 9.91. The van der Waals surface area contributed by atoms with Gasteiger partial charge in [-0.15, -0.1) is 0 Å². The lowest BCUT2D eigenvalue weighted by molar-refractivity contribution is 0.402. The van der Waals surface area contributed by atoms with Gasteiger partial charge in [-0.1, -0.05) is 11.6 Å². The number of hydrogen-bond donors (Lipinski definition) is 2.